The van der Waals surface area contributed by atoms with Crippen molar-refractivity contribution in [2.75, 3.05) is 32.8 Å². The van der Waals surface area contributed by atoms with Crippen LogP contribution in [0.2, 0.25) is 0 Å². The van der Waals surface area contributed by atoms with Gasteiger partial charge in [0.2, 0.25) is 11.8 Å². The summed E-state index contributed by atoms with van der Waals surface area (Å²) in [6.07, 6.45) is 0.310. The van der Waals surface area contributed by atoms with E-state index in [4.69, 9.17) is 9.15 Å². The molecule has 0 N–H and O–H groups in total. The van der Waals surface area contributed by atoms with Crippen LogP contribution in [0.3, 0.4) is 0 Å². The van der Waals surface area contributed by atoms with Crippen molar-refractivity contribution in [2.24, 2.45) is 0 Å². The molecule has 0 spiro atoms. The van der Waals surface area contributed by atoms with Crippen molar-refractivity contribution in [3.63, 3.8) is 0 Å². The average molecular weight is 372 g/mol. The Hall–Kier alpha value is -2.90. The maximum Gasteiger partial charge on any atom is 0.311 e. The number of piperazine rings is 1. The van der Waals surface area contributed by atoms with Gasteiger partial charge < -0.3 is 19.0 Å². The van der Waals surface area contributed by atoms with Crippen molar-refractivity contribution in [1.29, 1.82) is 0 Å². The van der Waals surface area contributed by atoms with E-state index in [1.54, 1.807) is 9.80 Å². The van der Waals surface area contributed by atoms with Gasteiger partial charge in [0, 0.05) is 32.1 Å². The van der Waals surface area contributed by atoms with Crippen LogP contribution in [0, 0.1) is 0 Å². The Balaban J connectivity index is 1.43. The smallest absolute Gasteiger partial charge is 0.311 e. The third-order valence-electron chi connectivity index (χ3n) is 4.36. The van der Waals surface area contributed by atoms with Gasteiger partial charge in [-0.25, -0.2) is 0 Å². The standard InChI is InChI=1S/C19H24N4O4/c1-14(2)17-20-21-18(27-17)19(25)23-11-9-22(10-12-23)16(24)8-13-26-15-6-4-3-5-7-15/h3-7,14H,8-13H2,1-2H3. The van der Waals surface area contributed by atoms with Crippen molar-refractivity contribution in [1.82, 2.24) is 20.0 Å². The summed E-state index contributed by atoms with van der Waals surface area (Å²) in [6.45, 7) is 6.05. The fraction of sp³-hybridized carbons (Fsp3) is 0.474. The minimum absolute atomic E-state index is 0.00902. The van der Waals surface area contributed by atoms with E-state index in [9.17, 15) is 9.59 Å². The first kappa shape index (κ1) is 18.9. The van der Waals surface area contributed by atoms with Crippen LogP contribution in [0.15, 0.2) is 34.7 Å². The van der Waals surface area contributed by atoms with Crippen LogP contribution in [0.5, 0.6) is 5.75 Å². The van der Waals surface area contributed by atoms with Crippen LogP contribution < -0.4 is 4.74 Å². The molecule has 1 aromatic heterocycles. The zero-order valence-electron chi connectivity index (χ0n) is 15.6. The van der Waals surface area contributed by atoms with Crippen LogP contribution in [0.25, 0.3) is 0 Å². The van der Waals surface area contributed by atoms with Crippen LogP contribution >= 0.6 is 0 Å². The first-order valence-electron chi connectivity index (χ1n) is 9.13. The molecular formula is C19H24N4O4. The molecule has 2 heterocycles. The molecule has 144 valence electrons. The van der Waals surface area contributed by atoms with E-state index in [1.165, 1.54) is 0 Å². The van der Waals surface area contributed by atoms with E-state index < -0.39 is 0 Å². The molecule has 0 unspecified atom stereocenters. The normalized spacial score (nSPS) is 14.5. The number of rotatable bonds is 6. The van der Waals surface area contributed by atoms with E-state index in [0.717, 1.165) is 5.75 Å². The lowest BCUT2D eigenvalue weighted by Gasteiger charge is -2.34. The summed E-state index contributed by atoms with van der Waals surface area (Å²) in [5, 5.41) is 7.72. The molecule has 2 amide bonds. The Morgan fingerprint density at radius 1 is 1.07 bits per heavy atom. The maximum atomic E-state index is 12.4. The Bertz CT molecular complexity index is 767. The van der Waals surface area contributed by atoms with Crippen LogP contribution in [0.4, 0.5) is 0 Å². The topological polar surface area (TPSA) is 88.8 Å². The highest BCUT2D eigenvalue weighted by atomic mass is 16.5. The summed E-state index contributed by atoms with van der Waals surface area (Å²) in [7, 11) is 0. The van der Waals surface area contributed by atoms with E-state index in [-0.39, 0.29) is 23.6 Å². The summed E-state index contributed by atoms with van der Waals surface area (Å²) in [5.74, 6) is 1.03. The highest BCUT2D eigenvalue weighted by Crippen LogP contribution is 2.15. The zero-order valence-corrected chi connectivity index (χ0v) is 15.6. The summed E-state index contributed by atoms with van der Waals surface area (Å²) in [6, 6.07) is 9.41. The van der Waals surface area contributed by atoms with Gasteiger partial charge in [-0.2, -0.15) is 0 Å². The number of para-hydroxylation sites is 1. The second kappa shape index (κ2) is 8.66. The number of nitrogens with zero attached hydrogens (tertiary/aromatic N) is 4. The van der Waals surface area contributed by atoms with Crippen molar-refractivity contribution in [3.8, 4) is 5.75 Å². The summed E-state index contributed by atoms with van der Waals surface area (Å²) in [4.78, 5) is 28.2. The Morgan fingerprint density at radius 2 is 1.74 bits per heavy atom. The second-order valence-electron chi connectivity index (χ2n) is 6.68. The second-order valence-corrected chi connectivity index (χ2v) is 6.68. The number of carbonyl (C=O) groups excluding carboxylic acids is 2. The molecule has 1 aliphatic rings. The third-order valence-corrected chi connectivity index (χ3v) is 4.36. The highest BCUT2D eigenvalue weighted by Gasteiger charge is 2.28. The first-order chi connectivity index (χ1) is 13.0. The van der Waals surface area contributed by atoms with Crippen LogP contribution in [-0.4, -0.2) is 64.6 Å². The number of hydrogen-bond acceptors (Lipinski definition) is 6. The summed E-state index contributed by atoms with van der Waals surface area (Å²) in [5.41, 5.74) is 0. The molecule has 0 aliphatic carbocycles. The SMILES string of the molecule is CC(C)c1nnc(C(=O)N2CCN(C(=O)CCOc3ccccc3)CC2)o1. The predicted molar refractivity (Wildman–Crippen MR) is 97.4 cm³/mol. The first-order valence-corrected chi connectivity index (χ1v) is 9.13. The van der Waals surface area contributed by atoms with Crippen LogP contribution in [0.1, 0.15) is 42.8 Å². The molecule has 8 nitrogen and oxygen atoms in total. The fourth-order valence-corrected chi connectivity index (χ4v) is 2.78. The number of benzene rings is 1. The predicted octanol–water partition coefficient (Wildman–Crippen LogP) is 1.95. The van der Waals surface area contributed by atoms with Crippen molar-refractivity contribution >= 4 is 11.8 Å². The van der Waals surface area contributed by atoms with Gasteiger partial charge in [-0.3, -0.25) is 9.59 Å². The van der Waals surface area contributed by atoms with Gasteiger partial charge in [-0.05, 0) is 12.1 Å². The average Bonchev–Trinajstić information content (AvgIpc) is 3.19. The van der Waals surface area contributed by atoms with Crippen LogP contribution in [-0.2, 0) is 4.79 Å². The quantitative estimate of drug-likeness (QED) is 0.770. The van der Waals surface area contributed by atoms with E-state index >= 15 is 0 Å². The van der Waals surface area contributed by atoms with Gasteiger partial charge in [0.15, 0.2) is 0 Å². The van der Waals surface area contributed by atoms with E-state index in [2.05, 4.69) is 10.2 Å². The molecule has 1 saturated heterocycles. The number of aromatic nitrogens is 2. The van der Waals surface area contributed by atoms with Gasteiger partial charge in [0.05, 0.1) is 13.0 Å². The van der Waals surface area contributed by atoms with Crippen molar-refractivity contribution < 1.29 is 18.7 Å². The minimum Gasteiger partial charge on any atom is -0.493 e. The van der Waals surface area contributed by atoms with Gasteiger partial charge in [0.25, 0.3) is 0 Å². The molecule has 0 bridgehead atoms. The molecule has 1 fully saturated rings. The largest absolute Gasteiger partial charge is 0.493 e. The van der Waals surface area contributed by atoms with Gasteiger partial charge in [-0.1, -0.05) is 32.0 Å². The molecule has 0 radical (unpaired) electrons. The lowest BCUT2D eigenvalue weighted by molar-refractivity contribution is -0.133. The third kappa shape index (κ3) is 4.84. The van der Waals surface area contributed by atoms with Crippen molar-refractivity contribution in [2.45, 2.75) is 26.2 Å². The maximum absolute atomic E-state index is 12.4. The molecular weight excluding hydrogens is 348 g/mol. The van der Waals surface area contributed by atoms with Crippen molar-refractivity contribution in [3.05, 3.63) is 42.1 Å². The number of ether oxygens (including phenoxy) is 1. The van der Waals surface area contributed by atoms with Gasteiger partial charge >= 0.3 is 11.8 Å². The van der Waals surface area contributed by atoms with Gasteiger partial charge in [-0.15, -0.1) is 10.2 Å². The Kier molecular flexibility index (Phi) is 6.05. The lowest BCUT2D eigenvalue weighted by Crippen LogP contribution is -2.50. The molecule has 2 aromatic rings. The lowest BCUT2D eigenvalue weighted by atomic mass is 10.2. The number of amides is 2. The molecule has 1 aromatic carbocycles. The number of hydrogen-bond donors (Lipinski definition) is 0. The summed E-state index contributed by atoms with van der Waals surface area (Å²) >= 11 is 0. The monoisotopic (exact) mass is 372 g/mol. The summed E-state index contributed by atoms with van der Waals surface area (Å²) < 4.78 is 11.0. The highest BCUT2D eigenvalue weighted by molar-refractivity contribution is 5.89. The molecule has 3 rings (SSSR count). The van der Waals surface area contributed by atoms with E-state index in [1.807, 2.05) is 44.2 Å². The molecule has 0 atom stereocenters. The molecule has 0 saturated carbocycles. The molecule has 27 heavy (non-hydrogen) atoms. The molecule has 1 aliphatic heterocycles. The fourth-order valence-electron chi connectivity index (χ4n) is 2.78. The molecule has 8 heteroatoms. The Labute approximate surface area is 158 Å². The Morgan fingerprint density at radius 3 is 2.37 bits per heavy atom. The zero-order chi connectivity index (χ0) is 19.2. The van der Waals surface area contributed by atoms with E-state index in [0.29, 0.717) is 45.1 Å². The minimum atomic E-state index is -0.283. The number of carbonyl (C=O) groups is 2. The van der Waals surface area contributed by atoms with Gasteiger partial charge in [0.1, 0.15) is 5.75 Å².